The standard InChI is InChI=1S/C12H12N2O5/c1-19-6-12(4-9(15)14-11(12)18)8-3-2-7(5-13-8)10(16)17/h2-3,5H,4,6H2,1H3,(H,16,17)(H,14,15,18). The van der Waals surface area contributed by atoms with Crippen LogP contribution in [0.2, 0.25) is 0 Å². The van der Waals surface area contributed by atoms with Crippen molar-refractivity contribution in [2.75, 3.05) is 13.7 Å². The number of carboxylic acid groups (broad SMARTS) is 1. The minimum absolute atomic E-state index is 0.00396. The molecule has 0 bridgehead atoms. The molecular weight excluding hydrogens is 252 g/mol. The van der Waals surface area contributed by atoms with Gasteiger partial charge in [-0.3, -0.25) is 19.9 Å². The lowest BCUT2D eigenvalue weighted by Gasteiger charge is -2.23. The zero-order valence-corrected chi connectivity index (χ0v) is 10.2. The molecule has 19 heavy (non-hydrogen) atoms. The van der Waals surface area contributed by atoms with Crippen LogP contribution in [0.4, 0.5) is 0 Å². The van der Waals surface area contributed by atoms with Crippen LogP contribution in [0.3, 0.4) is 0 Å². The normalized spacial score (nSPS) is 22.4. The molecule has 1 fully saturated rings. The summed E-state index contributed by atoms with van der Waals surface area (Å²) in [5.41, 5.74) is -0.841. The molecule has 0 saturated carbocycles. The fourth-order valence-corrected chi connectivity index (χ4v) is 2.09. The number of nitrogens with zero attached hydrogens (tertiary/aromatic N) is 1. The van der Waals surface area contributed by atoms with E-state index in [1.807, 2.05) is 0 Å². The van der Waals surface area contributed by atoms with E-state index in [1.54, 1.807) is 0 Å². The summed E-state index contributed by atoms with van der Waals surface area (Å²) in [6, 6.07) is 2.78. The van der Waals surface area contributed by atoms with Crippen LogP contribution >= 0.6 is 0 Å². The Hall–Kier alpha value is -2.28. The van der Waals surface area contributed by atoms with E-state index in [0.717, 1.165) is 6.20 Å². The molecule has 0 aromatic carbocycles. The molecule has 2 N–H and O–H groups in total. The Morgan fingerprint density at radius 1 is 1.53 bits per heavy atom. The van der Waals surface area contributed by atoms with Crippen molar-refractivity contribution in [1.82, 2.24) is 10.3 Å². The Bertz CT molecular complexity index is 540. The van der Waals surface area contributed by atoms with E-state index in [9.17, 15) is 14.4 Å². The van der Waals surface area contributed by atoms with Gasteiger partial charge in [-0.05, 0) is 12.1 Å². The van der Waals surface area contributed by atoms with E-state index in [2.05, 4.69) is 10.3 Å². The highest BCUT2D eigenvalue weighted by atomic mass is 16.5. The van der Waals surface area contributed by atoms with Crippen molar-refractivity contribution < 1.29 is 24.2 Å². The SMILES string of the molecule is COCC1(c2ccc(C(=O)O)cn2)CC(=O)NC1=O. The number of hydrogen-bond donors (Lipinski definition) is 2. The second-order valence-corrected chi connectivity index (χ2v) is 4.31. The van der Waals surface area contributed by atoms with Crippen LogP contribution in [0, 0.1) is 0 Å². The summed E-state index contributed by atoms with van der Waals surface area (Å²) in [4.78, 5) is 38.1. The van der Waals surface area contributed by atoms with Crippen molar-refractivity contribution in [2.24, 2.45) is 0 Å². The third-order valence-electron chi connectivity index (χ3n) is 3.04. The van der Waals surface area contributed by atoms with Gasteiger partial charge in [-0.1, -0.05) is 0 Å². The quantitative estimate of drug-likeness (QED) is 0.724. The number of aromatic carboxylic acids is 1. The van der Waals surface area contributed by atoms with Gasteiger partial charge in [-0.2, -0.15) is 0 Å². The number of nitrogens with one attached hydrogen (secondary N) is 1. The molecule has 7 nitrogen and oxygen atoms in total. The van der Waals surface area contributed by atoms with Gasteiger partial charge in [0, 0.05) is 19.7 Å². The molecule has 1 unspecified atom stereocenters. The van der Waals surface area contributed by atoms with Crippen molar-refractivity contribution >= 4 is 17.8 Å². The summed E-state index contributed by atoms with van der Waals surface area (Å²) in [5.74, 6) is -1.98. The maximum absolute atomic E-state index is 11.9. The molecule has 1 aromatic heterocycles. The van der Waals surface area contributed by atoms with Gasteiger partial charge in [0.15, 0.2) is 0 Å². The van der Waals surface area contributed by atoms with E-state index in [0.29, 0.717) is 5.69 Å². The molecule has 2 amide bonds. The van der Waals surface area contributed by atoms with Crippen LogP contribution in [-0.2, 0) is 19.7 Å². The lowest BCUT2D eigenvalue weighted by Crippen LogP contribution is -2.40. The largest absolute Gasteiger partial charge is 0.478 e. The molecular formula is C12H12N2O5. The Labute approximate surface area is 108 Å². The summed E-state index contributed by atoms with van der Waals surface area (Å²) in [6.07, 6.45) is 1.10. The summed E-state index contributed by atoms with van der Waals surface area (Å²) in [6.45, 7) is 0.00396. The smallest absolute Gasteiger partial charge is 0.337 e. The molecule has 0 radical (unpaired) electrons. The molecule has 0 aliphatic carbocycles. The lowest BCUT2D eigenvalue weighted by atomic mass is 9.83. The Morgan fingerprint density at radius 3 is 2.68 bits per heavy atom. The minimum Gasteiger partial charge on any atom is -0.478 e. The summed E-state index contributed by atoms with van der Waals surface area (Å²) < 4.78 is 5.01. The van der Waals surface area contributed by atoms with Gasteiger partial charge in [0.25, 0.3) is 0 Å². The molecule has 7 heteroatoms. The number of carboxylic acids is 1. The first-order chi connectivity index (χ1) is 8.99. The third-order valence-corrected chi connectivity index (χ3v) is 3.04. The number of amides is 2. The zero-order chi connectivity index (χ0) is 14.0. The topological polar surface area (TPSA) is 106 Å². The van der Waals surface area contributed by atoms with Crippen LogP contribution in [0.25, 0.3) is 0 Å². The Morgan fingerprint density at radius 2 is 2.26 bits per heavy atom. The molecule has 1 atom stereocenters. The van der Waals surface area contributed by atoms with Gasteiger partial charge in [0.2, 0.25) is 11.8 Å². The lowest BCUT2D eigenvalue weighted by molar-refractivity contribution is -0.127. The fraction of sp³-hybridized carbons (Fsp3) is 0.333. The van der Waals surface area contributed by atoms with E-state index in [1.165, 1.54) is 19.2 Å². The highest BCUT2D eigenvalue weighted by Gasteiger charge is 2.49. The average Bonchev–Trinajstić information content (AvgIpc) is 2.65. The first kappa shape index (κ1) is 13.2. The second kappa shape index (κ2) is 4.77. The van der Waals surface area contributed by atoms with Crippen molar-refractivity contribution in [3.63, 3.8) is 0 Å². The minimum atomic E-state index is -1.18. The van der Waals surface area contributed by atoms with Gasteiger partial charge in [0.05, 0.1) is 17.9 Å². The Balaban J connectivity index is 2.42. The van der Waals surface area contributed by atoms with E-state index < -0.39 is 23.2 Å². The zero-order valence-electron chi connectivity index (χ0n) is 10.2. The van der Waals surface area contributed by atoms with Crippen molar-refractivity contribution in [3.05, 3.63) is 29.6 Å². The first-order valence-corrected chi connectivity index (χ1v) is 5.52. The monoisotopic (exact) mass is 264 g/mol. The summed E-state index contributed by atoms with van der Waals surface area (Å²) in [5, 5.41) is 11.0. The van der Waals surface area contributed by atoms with Crippen molar-refractivity contribution in [1.29, 1.82) is 0 Å². The molecule has 1 aliphatic heterocycles. The predicted octanol–water partition coefficient (Wildman–Crippen LogP) is -0.289. The average molecular weight is 264 g/mol. The van der Waals surface area contributed by atoms with Crippen LogP contribution < -0.4 is 5.32 Å². The number of imide groups is 1. The van der Waals surface area contributed by atoms with Gasteiger partial charge >= 0.3 is 5.97 Å². The summed E-state index contributed by atoms with van der Waals surface area (Å²) >= 11 is 0. The van der Waals surface area contributed by atoms with Gasteiger partial charge < -0.3 is 9.84 Å². The van der Waals surface area contributed by atoms with E-state index >= 15 is 0 Å². The number of ether oxygens (including phenoxy) is 1. The maximum atomic E-state index is 11.9. The number of pyridine rings is 1. The number of carbonyl (C=O) groups excluding carboxylic acids is 2. The van der Waals surface area contributed by atoms with E-state index in [-0.39, 0.29) is 18.6 Å². The number of carbonyl (C=O) groups is 3. The van der Waals surface area contributed by atoms with Gasteiger partial charge in [-0.25, -0.2) is 4.79 Å². The van der Waals surface area contributed by atoms with E-state index in [4.69, 9.17) is 9.84 Å². The van der Waals surface area contributed by atoms with Gasteiger partial charge in [-0.15, -0.1) is 0 Å². The number of hydrogen-bond acceptors (Lipinski definition) is 5. The maximum Gasteiger partial charge on any atom is 0.337 e. The fourth-order valence-electron chi connectivity index (χ4n) is 2.09. The predicted molar refractivity (Wildman–Crippen MR) is 62.5 cm³/mol. The van der Waals surface area contributed by atoms with Crippen LogP contribution in [0.1, 0.15) is 22.5 Å². The Kier molecular flexibility index (Phi) is 3.30. The highest BCUT2D eigenvalue weighted by molar-refractivity contribution is 6.09. The van der Waals surface area contributed by atoms with Gasteiger partial charge in [0.1, 0.15) is 5.41 Å². The molecule has 1 saturated heterocycles. The molecule has 2 rings (SSSR count). The molecule has 2 heterocycles. The summed E-state index contributed by atoms with van der Waals surface area (Å²) in [7, 11) is 1.42. The highest BCUT2D eigenvalue weighted by Crippen LogP contribution is 2.31. The molecule has 100 valence electrons. The van der Waals surface area contributed by atoms with Crippen LogP contribution in [-0.4, -0.2) is 41.6 Å². The van der Waals surface area contributed by atoms with Crippen molar-refractivity contribution in [3.8, 4) is 0 Å². The van der Waals surface area contributed by atoms with Crippen LogP contribution in [0.5, 0.6) is 0 Å². The molecule has 1 aromatic rings. The number of rotatable bonds is 4. The molecule has 1 aliphatic rings. The third kappa shape index (κ3) is 2.19. The van der Waals surface area contributed by atoms with Crippen LogP contribution in [0.15, 0.2) is 18.3 Å². The number of methoxy groups -OCH3 is 1. The van der Waals surface area contributed by atoms with Crippen molar-refractivity contribution in [2.45, 2.75) is 11.8 Å². The number of aromatic nitrogens is 1. The first-order valence-electron chi connectivity index (χ1n) is 5.52. The molecule has 0 spiro atoms. The second-order valence-electron chi connectivity index (χ2n) is 4.31.